The van der Waals surface area contributed by atoms with Gasteiger partial charge in [-0.25, -0.2) is 9.37 Å². The number of benzene rings is 1. The van der Waals surface area contributed by atoms with Crippen molar-refractivity contribution in [2.24, 2.45) is 7.05 Å². The molecule has 1 aromatic carbocycles. The molecule has 0 saturated carbocycles. The molecule has 0 aliphatic heterocycles. The summed E-state index contributed by atoms with van der Waals surface area (Å²) in [5.74, 6) is -0.210. The molecule has 0 radical (unpaired) electrons. The number of hydrogen-bond donors (Lipinski definition) is 1. The van der Waals surface area contributed by atoms with E-state index in [-0.39, 0.29) is 11.9 Å². The molecule has 5 heteroatoms. The second kappa shape index (κ2) is 6.30. The zero-order valence-electron chi connectivity index (χ0n) is 11.0. The molecule has 102 valence electrons. The minimum absolute atomic E-state index is 0.121. The van der Waals surface area contributed by atoms with E-state index < -0.39 is 0 Å². The predicted octanol–water partition coefficient (Wildman–Crippen LogP) is 3.22. The fourth-order valence-electron chi connectivity index (χ4n) is 2.15. The Morgan fingerprint density at radius 1 is 1.47 bits per heavy atom. The Kier molecular flexibility index (Phi) is 4.71. The molecule has 2 rings (SSSR count). The Labute approximate surface area is 121 Å². The van der Waals surface area contributed by atoms with Gasteiger partial charge in [0.15, 0.2) is 0 Å². The second-order valence-electron chi connectivity index (χ2n) is 4.48. The van der Waals surface area contributed by atoms with E-state index in [4.69, 9.17) is 0 Å². The lowest BCUT2D eigenvalue weighted by Crippen LogP contribution is -2.25. The normalized spacial score (nSPS) is 12.6. The third kappa shape index (κ3) is 3.42. The van der Waals surface area contributed by atoms with Crippen molar-refractivity contribution in [3.05, 3.63) is 52.3 Å². The molecule has 0 aliphatic carbocycles. The van der Waals surface area contributed by atoms with Crippen LogP contribution < -0.4 is 5.32 Å². The largest absolute Gasteiger partial charge is 0.336 e. The minimum atomic E-state index is -0.210. The van der Waals surface area contributed by atoms with Gasteiger partial charge in [0.05, 0.1) is 18.1 Å². The molecule has 1 unspecified atom stereocenters. The van der Waals surface area contributed by atoms with Crippen LogP contribution >= 0.6 is 15.9 Å². The summed E-state index contributed by atoms with van der Waals surface area (Å²) in [6.45, 7) is 2.91. The summed E-state index contributed by atoms with van der Waals surface area (Å²) in [6.07, 6.45) is 4.34. The van der Waals surface area contributed by atoms with E-state index in [1.165, 1.54) is 6.07 Å². The smallest absolute Gasteiger partial charge is 0.123 e. The molecule has 1 aromatic heterocycles. The summed E-state index contributed by atoms with van der Waals surface area (Å²) in [5, 5.41) is 3.42. The number of aryl methyl sites for hydroxylation is 1. The van der Waals surface area contributed by atoms with Crippen molar-refractivity contribution >= 4 is 15.9 Å². The van der Waals surface area contributed by atoms with Gasteiger partial charge >= 0.3 is 0 Å². The highest BCUT2D eigenvalue weighted by Gasteiger charge is 2.16. The van der Waals surface area contributed by atoms with Crippen LogP contribution in [0.25, 0.3) is 0 Å². The Morgan fingerprint density at radius 2 is 2.26 bits per heavy atom. The van der Waals surface area contributed by atoms with Gasteiger partial charge in [-0.15, -0.1) is 0 Å². The Morgan fingerprint density at radius 3 is 2.89 bits per heavy atom. The van der Waals surface area contributed by atoms with Gasteiger partial charge in [-0.3, -0.25) is 0 Å². The lowest BCUT2D eigenvalue weighted by atomic mass is 10.0. The van der Waals surface area contributed by atoms with Crippen LogP contribution in [-0.4, -0.2) is 16.1 Å². The van der Waals surface area contributed by atoms with Crippen molar-refractivity contribution in [3.8, 4) is 0 Å². The van der Waals surface area contributed by atoms with Crippen molar-refractivity contribution in [1.82, 2.24) is 14.9 Å². The van der Waals surface area contributed by atoms with Crippen LogP contribution in [0, 0.1) is 5.82 Å². The standard InChI is InChI=1S/C14H17BrFN3/c1-3-18-13(14-8-17-9-19(14)2)7-10-6-11(16)4-5-12(10)15/h4-6,8-9,13,18H,3,7H2,1-2H3. The third-order valence-corrected chi connectivity index (χ3v) is 3.87. The maximum atomic E-state index is 13.3. The van der Waals surface area contributed by atoms with Gasteiger partial charge in [0.25, 0.3) is 0 Å². The average molecular weight is 326 g/mol. The molecule has 0 fully saturated rings. The van der Waals surface area contributed by atoms with Crippen LogP contribution in [0.5, 0.6) is 0 Å². The molecular formula is C14H17BrFN3. The molecule has 19 heavy (non-hydrogen) atoms. The summed E-state index contributed by atoms with van der Waals surface area (Å²) in [5.41, 5.74) is 2.05. The molecule has 1 atom stereocenters. The van der Waals surface area contributed by atoms with Crippen LogP contribution in [0.15, 0.2) is 35.2 Å². The Hall–Kier alpha value is -1.20. The molecule has 2 aromatic rings. The lowest BCUT2D eigenvalue weighted by molar-refractivity contribution is 0.518. The molecular weight excluding hydrogens is 309 g/mol. The van der Waals surface area contributed by atoms with Gasteiger partial charge in [0, 0.05) is 17.7 Å². The van der Waals surface area contributed by atoms with Gasteiger partial charge in [-0.05, 0) is 36.7 Å². The highest BCUT2D eigenvalue weighted by atomic mass is 79.9. The summed E-state index contributed by atoms with van der Waals surface area (Å²) >= 11 is 3.47. The van der Waals surface area contributed by atoms with Crippen LogP contribution in [0.2, 0.25) is 0 Å². The number of likely N-dealkylation sites (N-methyl/N-ethyl adjacent to an activating group) is 1. The highest BCUT2D eigenvalue weighted by molar-refractivity contribution is 9.10. The Bertz CT molecular complexity index is 553. The first-order valence-electron chi connectivity index (χ1n) is 6.25. The fraction of sp³-hybridized carbons (Fsp3) is 0.357. The second-order valence-corrected chi connectivity index (χ2v) is 5.33. The summed E-state index contributed by atoms with van der Waals surface area (Å²) in [6, 6.07) is 4.90. The predicted molar refractivity (Wildman–Crippen MR) is 77.4 cm³/mol. The van der Waals surface area contributed by atoms with E-state index in [0.717, 1.165) is 22.3 Å². The monoisotopic (exact) mass is 325 g/mol. The van der Waals surface area contributed by atoms with E-state index >= 15 is 0 Å². The van der Waals surface area contributed by atoms with Crippen LogP contribution in [0.1, 0.15) is 24.2 Å². The van der Waals surface area contributed by atoms with Gasteiger partial charge in [0.1, 0.15) is 5.82 Å². The molecule has 0 spiro atoms. The van der Waals surface area contributed by atoms with Crippen molar-refractivity contribution in [2.75, 3.05) is 6.54 Å². The van der Waals surface area contributed by atoms with E-state index in [9.17, 15) is 4.39 Å². The number of nitrogens with zero attached hydrogens (tertiary/aromatic N) is 2. The Balaban J connectivity index is 2.26. The molecule has 1 heterocycles. The van der Waals surface area contributed by atoms with Crippen LogP contribution in [0.4, 0.5) is 4.39 Å². The fourth-order valence-corrected chi connectivity index (χ4v) is 2.56. The summed E-state index contributed by atoms with van der Waals surface area (Å²) in [7, 11) is 1.97. The van der Waals surface area contributed by atoms with E-state index in [0.29, 0.717) is 6.42 Å². The summed E-state index contributed by atoms with van der Waals surface area (Å²) in [4.78, 5) is 4.14. The molecule has 0 saturated heterocycles. The van der Waals surface area contributed by atoms with E-state index in [1.807, 2.05) is 17.8 Å². The lowest BCUT2D eigenvalue weighted by Gasteiger charge is -2.19. The van der Waals surface area contributed by atoms with Gasteiger partial charge in [0.2, 0.25) is 0 Å². The maximum absolute atomic E-state index is 13.3. The number of nitrogens with one attached hydrogen (secondary N) is 1. The number of imidazole rings is 1. The zero-order chi connectivity index (χ0) is 13.8. The van der Waals surface area contributed by atoms with Gasteiger partial charge in [-0.2, -0.15) is 0 Å². The van der Waals surface area contributed by atoms with Crippen LogP contribution in [-0.2, 0) is 13.5 Å². The summed E-state index contributed by atoms with van der Waals surface area (Å²) < 4.78 is 16.3. The quantitative estimate of drug-likeness (QED) is 0.914. The first-order chi connectivity index (χ1) is 9.11. The zero-order valence-corrected chi connectivity index (χ0v) is 12.6. The molecule has 0 bridgehead atoms. The highest BCUT2D eigenvalue weighted by Crippen LogP contribution is 2.24. The van der Waals surface area contributed by atoms with E-state index in [1.54, 1.807) is 18.5 Å². The van der Waals surface area contributed by atoms with E-state index in [2.05, 4.69) is 33.2 Å². The number of hydrogen-bond acceptors (Lipinski definition) is 2. The molecule has 3 nitrogen and oxygen atoms in total. The minimum Gasteiger partial charge on any atom is -0.336 e. The van der Waals surface area contributed by atoms with Crippen molar-refractivity contribution in [2.45, 2.75) is 19.4 Å². The van der Waals surface area contributed by atoms with Crippen molar-refractivity contribution in [1.29, 1.82) is 0 Å². The van der Waals surface area contributed by atoms with Crippen molar-refractivity contribution < 1.29 is 4.39 Å². The maximum Gasteiger partial charge on any atom is 0.123 e. The number of halogens is 2. The first kappa shape index (κ1) is 14.2. The average Bonchev–Trinajstić information content (AvgIpc) is 2.79. The topological polar surface area (TPSA) is 29.9 Å². The van der Waals surface area contributed by atoms with Crippen LogP contribution in [0.3, 0.4) is 0 Å². The third-order valence-electron chi connectivity index (χ3n) is 3.09. The molecule has 1 N–H and O–H groups in total. The molecule has 0 aliphatic rings. The SMILES string of the molecule is CCNC(Cc1cc(F)ccc1Br)c1cncn1C. The first-order valence-corrected chi connectivity index (χ1v) is 7.04. The van der Waals surface area contributed by atoms with Gasteiger partial charge in [-0.1, -0.05) is 22.9 Å². The van der Waals surface area contributed by atoms with Crippen molar-refractivity contribution in [3.63, 3.8) is 0 Å². The molecule has 0 amide bonds. The van der Waals surface area contributed by atoms with Gasteiger partial charge < -0.3 is 9.88 Å². The number of aromatic nitrogens is 2. The number of rotatable bonds is 5.